The first-order chi connectivity index (χ1) is 8.54. The van der Waals surface area contributed by atoms with Gasteiger partial charge in [-0.15, -0.1) is 0 Å². The molecule has 0 aromatic carbocycles. The van der Waals surface area contributed by atoms with E-state index in [1.807, 2.05) is 27.9 Å². The van der Waals surface area contributed by atoms with E-state index in [1.165, 1.54) is 0 Å². The number of hydrogen-bond acceptors (Lipinski definition) is 3. The predicted octanol–water partition coefficient (Wildman–Crippen LogP) is 2.33. The lowest BCUT2D eigenvalue weighted by Gasteiger charge is -2.25. The van der Waals surface area contributed by atoms with Crippen molar-refractivity contribution in [2.24, 2.45) is 7.05 Å². The fourth-order valence-electron chi connectivity index (χ4n) is 2.28. The average molecular weight is 274 g/mol. The Morgan fingerprint density at radius 3 is 2.50 bits per heavy atom. The van der Waals surface area contributed by atoms with Crippen LogP contribution in [0, 0.1) is 6.92 Å². The molecule has 0 saturated heterocycles. The van der Waals surface area contributed by atoms with Gasteiger partial charge < -0.3 is 10.1 Å². The normalized spacial score (nSPS) is 14.8. The zero-order chi connectivity index (χ0) is 13.7. The Labute approximate surface area is 115 Å². The minimum atomic E-state index is 0.204. The maximum Gasteiger partial charge on any atom is 0.130 e. The van der Waals surface area contributed by atoms with Crippen molar-refractivity contribution in [2.75, 3.05) is 13.7 Å². The van der Waals surface area contributed by atoms with Crippen LogP contribution in [0.3, 0.4) is 0 Å². The van der Waals surface area contributed by atoms with Crippen molar-refractivity contribution < 1.29 is 4.74 Å². The number of halogens is 1. The molecule has 18 heavy (non-hydrogen) atoms. The van der Waals surface area contributed by atoms with Crippen molar-refractivity contribution in [2.45, 2.75) is 45.8 Å². The van der Waals surface area contributed by atoms with Gasteiger partial charge in [0.2, 0.25) is 0 Å². The van der Waals surface area contributed by atoms with E-state index >= 15 is 0 Å². The maximum atomic E-state index is 6.27. The van der Waals surface area contributed by atoms with Crippen LogP contribution < -0.4 is 5.32 Å². The summed E-state index contributed by atoms with van der Waals surface area (Å²) in [7, 11) is 3.83. The van der Waals surface area contributed by atoms with Gasteiger partial charge in [-0.2, -0.15) is 5.10 Å². The third-order valence-corrected chi connectivity index (χ3v) is 3.77. The molecule has 0 fully saturated rings. The molecule has 0 aliphatic heterocycles. The summed E-state index contributed by atoms with van der Waals surface area (Å²) in [5, 5.41) is 8.40. The Balaban J connectivity index is 2.84. The Hall–Kier alpha value is -0.580. The first-order valence-electron chi connectivity index (χ1n) is 6.51. The molecule has 2 unspecified atom stereocenters. The molecule has 0 spiro atoms. The molecule has 2 atom stereocenters. The summed E-state index contributed by atoms with van der Waals surface area (Å²) in [4.78, 5) is 0. The zero-order valence-corrected chi connectivity index (χ0v) is 12.7. The zero-order valence-electron chi connectivity index (χ0n) is 12.0. The molecule has 1 aromatic rings. The predicted molar refractivity (Wildman–Crippen MR) is 75.2 cm³/mol. The lowest BCUT2D eigenvalue weighted by Crippen LogP contribution is -2.41. The highest BCUT2D eigenvalue weighted by molar-refractivity contribution is 6.30. The SMILES string of the molecule is CCOC(CC)C(Cc1c(C)nn(C)c1Cl)NC. The Morgan fingerprint density at radius 1 is 1.44 bits per heavy atom. The molecule has 4 nitrogen and oxygen atoms in total. The summed E-state index contributed by atoms with van der Waals surface area (Å²) < 4.78 is 7.49. The topological polar surface area (TPSA) is 39.1 Å². The molecule has 1 rings (SSSR count). The number of aromatic nitrogens is 2. The van der Waals surface area contributed by atoms with E-state index in [2.05, 4.69) is 17.3 Å². The summed E-state index contributed by atoms with van der Waals surface area (Å²) >= 11 is 6.27. The van der Waals surface area contributed by atoms with E-state index in [0.29, 0.717) is 0 Å². The highest BCUT2D eigenvalue weighted by Gasteiger charge is 2.22. The van der Waals surface area contributed by atoms with Gasteiger partial charge in [-0.25, -0.2) is 0 Å². The fourth-order valence-corrected chi connectivity index (χ4v) is 2.53. The van der Waals surface area contributed by atoms with Crippen molar-refractivity contribution in [3.8, 4) is 0 Å². The second kappa shape index (κ2) is 7.12. The minimum absolute atomic E-state index is 0.204. The smallest absolute Gasteiger partial charge is 0.130 e. The van der Waals surface area contributed by atoms with Crippen molar-refractivity contribution in [1.29, 1.82) is 0 Å². The molecule has 0 saturated carbocycles. The van der Waals surface area contributed by atoms with Crippen LogP contribution in [0.4, 0.5) is 0 Å². The first-order valence-corrected chi connectivity index (χ1v) is 6.89. The third kappa shape index (κ3) is 3.46. The summed E-state index contributed by atoms with van der Waals surface area (Å²) in [5.41, 5.74) is 2.10. The second-order valence-electron chi connectivity index (χ2n) is 4.48. The molecular formula is C13H24ClN3O. The standard InChI is InChI=1S/C13H24ClN3O/c1-6-12(18-7-2)11(15-4)8-10-9(3)16-17(5)13(10)14/h11-12,15H,6-8H2,1-5H3. The quantitative estimate of drug-likeness (QED) is 0.829. The number of hydrogen-bond donors (Lipinski definition) is 1. The molecule has 0 amide bonds. The number of rotatable bonds is 7. The summed E-state index contributed by atoms with van der Waals surface area (Å²) in [6.07, 6.45) is 2.03. The van der Waals surface area contributed by atoms with Gasteiger partial charge in [0.1, 0.15) is 5.15 Å². The van der Waals surface area contributed by atoms with E-state index in [4.69, 9.17) is 16.3 Å². The van der Waals surface area contributed by atoms with Gasteiger partial charge in [0.25, 0.3) is 0 Å². The number of nitrogens with one attached hydrogen (secondary N) is 1. The van der Waals surface area contributed by atoms with Gasteiger partial charge in [0.15, 0.2) is 0 Å². The van der Waals surface area contributed by atoms with Crippen LogP contribution in [0.25, 0.3) is 0 Å². The molecule has 104 valence electrons. The van der Waals surface area contributed by atoms with Crippen LogP contribution in [0.5, 0.6) is 0 Å². The van der Waals surface area contributed by atoms with E-state index in [0.717, 1.165) is 35.9 Å². The summed E-state index contributed by atoms with van der Waals surface area (Å²) in [6, 6.07) is 0.260. The lowest BCUT2D eigenvalue weighted by atomic mass is 10.0. The van der Waals surface area contributed by atoms with Crippen LogP contribution in [0.2, 0.25) is 5.15 Å². The first kappa shape index (κ1) is 15.5. The van der Waals surface area contributed by atoms with E-state index in [9.17, 15) is 0 Å². The monoisotopic (exact) mass is 273 g/mol. The largest absolute Gasteiger partial charge is 0.377 e. The lowest BCUT2D eigenvalue weighted by molar-refractivity contribution is 0.0339. The van der Waals surface area contributed by atoms with Crippen LogP contribution in [0.15, 0.2) is 0 Å². The van der Waals surface area contributed by atoms with Crippen molar-refractivity contribution >= 4 is 11.6 Å². The van der Waals surface area contributed by atoms with Gasteiger partial charge in [-0.3, -0.25) is 4.68 Å². The van der Waals surface area contributed by atoms with E-state index < -0.39 is 0 Å². The number of likely N-dealkylation sites (N-methyl/N-ethyl adjacent to an activating group) is 1. The van der Waals surface area contributed by atoms with Gasteiger partial charge in [0.05, 0.1) is 11.8 Å². The number of nitrogens with zero attached hydrogens (tertiary/aromatic N) is 2. The number of aryl methyl sites for hydroxylation is 2. The van der Waals surface area contributed by atoms with Gasteiger partial charge in [-0.1, -0.05) is 18.5 Å². The van der Waals surface area contributed by atoms with Crippen LogP contribution in [-0.4, -0.2) is 35.6 Å². The van der Waals surface area contributed by atoms with Gasteiger partial charge in [0, 0.05) is 25.3 Å². The van der Waals surface area contributed by atoms with Crippen molar-refractivity contribution in [3.05, 3.63) is 16.4 Å². The second-order valence-corrected chi connectivity index (χ2v) is 4.84. The third-order valence-electron chi connectivity index (χ3n) is 3.30. The molecule has 5 heteroatoms. The molecular weight excluding hydrogens is 250 g/mol. The number of ether oxygens (including phenoxy) is 1. The molecule has 0 radical (unpaired) electrons. The van der Waals surface area contributed by atoms with Crippen LogP contribution >= 0.6 is 11.6 Å². The Morgan fingerprint density at radius 2 is 2.11 bits per heavy atom. The minimum Gasteiger partial charge on any atom is -0.377 e. The van der Waals surface area contributed by atoms with Crippen LogP contribution in [0.1, 0.15) is 31.5 Å². The van der Waals surface area contributed by atoms with E-state index in [1.54, 1.807) is 4.68 Å². The average Bonchev–Trinajstić information content (AvgIpc) is 2.59. The highest BCUT2D eigenvalue weighted by Crippen LogP contribution is 2.22. The maximum absolute atomic E-state index is 6.27. The molecule has 1 aromatic heterocycles. The molecule has 0 aliphatic rings. The molecule has 0 aliphatic carbocycles. The molecule has 1 N–H and O–H groups in total. The molecule has 1 heterocycles. The van der Waals surface area contributed by atoms with E-state index in [-0.39, 0.29) is 12.1 Å². The van der Waals surface area contributed by atoms with Gasteiger partial charge in [-0.05, 0) is 33.7 Å². The van der Waals surface area contributed by atoms with Crippen molar-refractivity contribution in [3.63, 3.8) is 0 Å². The van der Waals surface area contributed by atoms with Crippen molar-refractivity contribution in [1.82, 2.24) is 15.1 Å². The summed E-state index contributed by atoms with van der Waals surface area (Å²) in [6.45, 7) is 6.89. The Bertz CT molecular complexity index is 379. The summed E-state index contributed by atoms with van der Waals surface area (Å²) in [5.74, 6) is 0. The Kier molecular flexibility index (Phi) is 6.12. The highest BCUT2D eigenvalue weighted by atomic mass is 35.5. The molecule has 0 bridgehead atoms. The van der Waals surface area contributed by atoms with Crippen LogP contribution in [-0.2, 0) is 18.2 Å². The fraction of sp³-hybridized carbons (Fsp3) is 0.769. The van der Waals surface area contributed by atoms with Gasteiger partial charge >= 0.3 is 0 Å².